The first kappa shape index (κ1) is 24.2. The van der Waals surface area contributed by atoms with Crippen LogP contribution in [0.15, 0.2) is 53.4 Å². The van der Waals surface area contributed by atoms with E-state index in [4.69, 9.17) is 4.74 Å². The Bertz CT molecular complexity index is 999. The van der Waals surface area contributed by atoms with E-state index in [1.165, 1.54) is 9.87 Å². The highest BCUT2D eigenvalue weighted by molar-refractivity contribution is 7.89. The largest absolute Gasteiger partial charge is 0.483 e. The van der Waals surface area contributed by atoms with Gasteiger partial charge >= 0.3 is 0 Å². The molecule has 0 bridgehead atoms. The topological polar surface area (TPSA) is 70.2 Å². The summed E-state index contributed by atoms with van der Waals surface area (Å²) < 4.78 is 32.5. The van der Waals surface area contributed by atoms with Crippen molar-refractivity contribution in [1.82, 2.24) is 14.1 Å². The minimum Gasteiger partial charge on any atom is -0.483 e. The van der Waals surface area contributed by atoms with Crippen LogP contribution in [0, 0.1) is 6.92 Å². The summed E-state index contributed by atoms with van der Waals surface area (Å²) in [6, 6.07) is 15.1. The molecule has 2 aromatic rings. The molecule has 1 amide bonds. The van der Waals surface area contributed by atoms with Crippen LogP contribution in [0.4, 0.5) is 0 Å². The van der Waals surface area contributed by atoms with Gasteiger partial charge in [0.1, 0.15) is 5.75 Å². The summed E-state index contributed by atoms with van der Waals surface area (Å²) >= 11 is 0. The van der Waals surface area contributed by atoms with Crippen molar-refractivity contribution in [3.63, 3.8) is 0 Å². The van der Waals surface area contributed by atoms with Crippen LogP contribution in [-0.4, -0.2) is 74.3 Å². The average Bonchev–Trinajstić information content (AvgIpc) is 2.80. The number of amides is 1. The maximum absolute atomic E-state index is 12.7. The van der Waals surface area contributed by atoms with Crippen LogP contribution in [0.5, 0.6) is 5.75 Å². The molecular weight excluding hydrogens is 426 g/mol. The minimum atomic E-state index is -3.52. The molecule has 0 aromatic heterocycles. The van der Waals surface area contributed by atoms with Crippen molar-refractivity contribution in [1.29, 1.82) is 0 Å². The SMILES string of the molecule is CCN(CC)S(=O)(=O)c1ccc(OCC(=O)N2CCN(Cc3ccccc3)CC2)c(C)c1. The fraction of sp³-hybridized carbons (Fsp3) is 0.458. The predicted molar refractivity (Wildman–Crippen MR) is 125 cm³/mol. The van der Waals surface area contributed by atoms with Crippen LogP contribution in [0.3, 0.4) is 0 Å². The summed E-state index contributed by atoms with van der Waals surface area (Å²) in [5, 5.41) is 0. The second kappa shape index (κ2) is 10.9. The molecule has 174 valence electrons. The van der Waals surface area contributed by atoms with Gasteiger partial charge in [0.15, 0.2) is 6.61 Å². The van der Waals surface area contributed by atoms with E-state index in [0.717, 1.165) is 19.6 Å². The lowest BCUT2D eigenvalue weighted by Gasteiger charge is -2.34. The van der Waals surface area contributed by atoms with E-state index in [1.807, 2.05) is 36.9 Å². The fourth-order valence-electron chi connectivity index (χ4n) is 3.88. The van der Waals surface area contributed by atoms with E-state index in [0.29, 0.717) is 37.5 Å². The van der Waals surface area contributed by atoms with Gasteiger partial charge < -0.3 is 9.64 Å². The number of nitrogens with zero attached hydrogens (tertiary/aromatic N) is 3. The Morgan fingerprint density at radius 3 is 2.25 bits per heavy atom. The Kier molecular flexibility index (Phi) is 8.28. The molecule has 1 fully saturated rings. The maximum atomic E-state index is 12.7. The lowest BCUT2D eigenvalue weighted by Crippen LogP contribution is -2.49. The van der Waals surface area contributed by atoms with Crippen molar-refractivity contribution in [2.45, 2.75) is 32.2 Å². The molecule has 1 heterocycles. The molecule has 2 aromatic carbocycles. The third-order valence-electron chi connectivity index (χ3n) is 5.81. The molecule has 3 rings (SSSR count). The van der Waals surface area contributed by atoms with Crippen molar-refractivity contribution >= 4 is 15.9 Å². The molecule has 7 nitrogen and oxygen atoms in total. The van der Waals surface area contributed by atoms with Crippen LogP contribution >= 0.6 is 0 Å². The van der Waals surface area contributed by atoms with Crippen LogP contribution in [0.2, 0.25) is 0 Å². The first-order valence-corrected chi connectivity index (χ1v) is 12.6. The summed E-state index contributed by atoms with van der Waals surface area (Å²) in [5.74, 6) is 0.475. The highest BCUT2D eigenvalue weighted by Gasteiger charge is 2.24. The second-order valence-corrected chi connectivity index (χ2v) is 9.89. The lowest BCUT2D eigenvalue weighted by atomic mass is 10.2. The Balaban J connectivity index is 1.52. The molecule has 1 aliphatic rings. The van der Waals surface area contributed by atoms with Gasteiger partial charge in [-0.15, -0.1) is 0 Å². The number of carbonyl (C=O) groups is 1. The van der Waals surface area contributed by atoms with Gasteiger partial charge in [0, 0.05) is 45.8 Å². The molecule has 0 atom stereocenters. The smallest absolute Gasteiger partial charge is 0.260 e. The van der Waals surface area contributed by atoms with Crippen molar-refractivity contribution in [3.05, 3.63) is 59.7 Å². The molecule has 1 aliphatic heterocycles. The first-order chi connectivity index (χ1) is 15.3. The van der Waals surface area contributed by atoms with Crippen molar-refractivity contribution in [3.8, 4) is 5.75 Å². The van der Waals surface area contributed by atoms with E-state index < -0.39 is 10.0 Å². The van der Waals surface area contributed by atoms with Crippen LogP contribution < -0.4 is 4.74 Å². The molecule has 8 heteroatoms. The third-order valence-corrected chi connectivity index (χ3v) is 7.86. The van der Waals surface area contributed by atoms with Gasteiger partial charge in [0.25, 0.3) is 5.91 Å². The number of aryl methyl sites for hydroxylation is 1. The summed E-state index contributed by atoms with van der Waals surface area (Å²) in [6.07, 6.45) is 0. The summed E-state index contributed by atoms with van der Waals surface area (Å²) in [6.45, 7) is 10.1. The van der Waals surface area contributed by atoms with Gasteiger partial charge in [0.2, 0.25) is 10.0 Å². The Morgan fingerprint density at radius 1 is 1.00 bits per heavy atom. The fourth-order valence-corrected chi connectivity index (χ4v) is 5.43. The van der Waals surface area contributed by atoms with E-state index in [-0.39, 0.29) is 17.4 Å². The normalized spacial score (nSPS) is 15.2. The number of carbonyl (C=O) groups excluding carboxylic acids is 1. The van der Waals surface area contributed by atoms with Gasteiger partial charge in [-0.3, -0.25) is 9.69 Å². The Morgan fingerprint density at radius 2 is 1.66 bits per heavy atom. The van der Waals surface area contributed by atoms with Crippen LogP contribution in [0.1, 0.15) is 25.0 Å². The number of rotatable bonds is 9. The maximum Gasteiger partial charge on any atom is 0.260 e. The number of hydrogen-bond donors (Lipinski definition) is 0. The summed E-state index contributed by atoms with van der Waals surface area (Å²) in [7, 11) is -3.52. The monoisotopic (exact) mass is 459 g/mol. The van der Waals surface area contributed by atoms with Gasteiger partial charge in [-0.1, -0.05) is 44.2 Å². The molecule has 0 aliphatic carbocycles. The Labute approximate surface area is 191 Å². The van der Waals surface area contributed by atoms with Crippen molar-refractivity contribution in [2.24, 2.45) is 0 Å². The lowest BCUT2D eigenvalue weighted by molar-refractivity contribution is -0.135. The number of ether oxygens (including phenoxy) is 1. The molecule has 0 unspecified atom stereocenters. The highest BCUT2D eigenvalue weighted by Crippen LogP contribution is 2.24. The Hall–Kier alpha value is -2.42. The van der Waals surface area contributed by atoms with Crippen LogP contribution in [0.25, 0.3) is 0 Å². The molecule has 0 N–H and O–H groups in total. The zero-order valence-electron chi connectivity index (χ0n) is 19.2. The minimum absolute atomic E-state index is 0.0522. The van der Waals surface area contributed by atoms with Gasteiger partial charge in [-0.2, -0.15) is 4.31 Å². The van der Waals surface area contributed by atoms with Crippen molar-refractivity contribution in [2.75, 3.05) is 45.9 Å². The van der Waals surface area contributed by atoms with E-state index in [1.54, 1.807) is 25.1 Å². The predicted octanol–water partition coefficient (Wildman–Crippen LogP) is 2.75. The highest BCUT2D eigenvalue weighted by atomic mass is 32.2. The van der Waals surface area contributed by atoms with E-state index in [9.17, 15) is 13.2 Å². The molecule has 1 saturated heterocycles. The summed E-state index contributed by atoms with van der Waals surface area (Å²) in [4.78, 5) is 17.0. The average molecular weight is 460 g/mol. The molecule has 0 saturated carbocycles. The van der Waals surface area contributed by atoms with Crippen LogP contribution in [-0.2, 0) is 21.4 Å². The first-order valence-electron chi connectivity index (χ1n) is 11.1. The summed E-state index contributed by atoms with van der Waals surface area (Å²) in [5.41, 5.74) is 1.97. The molecule has 0 radical (unpaired) electrons. The van der Waals surface area contributed by atoms with E-state index in [2.05, 4.69) is 17.0 Å². The second-order valence-electron chi connectivity index (χ2n) is 7.95. The molecule has 0 spiro atoms. The molecule has 32 heavy (non-hydrogen) atoms. The number of sulfonamides is 1. The number of benzene rings is 2. The zero-order chi connectivity index (χ0) is 23.1. The molecular formula is C24H33N3O4S. The number of hydrogen-bond acceptors (Lipinski definition) is 5. The van der Waals surface area contributed by atoms with Gasteiger partial charge in [-0.25, -0.2) is 8.42 Å². The third kappa shape index (κ3) is 5.88. The standard InChI is InChI=1S/C24H33N3O4S/c1-4-27(5-2)32(29,30)22-11-12-23(20(3)17-22)31-19-24(28)26-15-13-25(14-16-26)18-21-9-7-6-8-10-21/h6-12,17H,4-5,13-16,18-19H2,1-3H3. The number of piperazine rings is 1. The zero-order valence-corrected chi connectivity index (χ0v) is 20.0. The van der Waals surface area contributed by atoms with E-state index >= 15 is 0 Å². The van der Waals surface area contributed by atoms with Gasteiger partial charge in [-0.05, 0) is 36.2 Å². The van der Waals surface area contributed by atoms with Gasteiger partial charge in [0.05, 0.1) is 4.90 Å². The quantitative estimate of drug-likeness (QED) is 0.577. The van der Waals surface area contributed by atoms with Crippen molar-refractivity contribution < 1.29 is 17.9 Å².